The van der Waals surface area contributed by atoms with Crippen molar-refractivity contribution in [2.24, 2.45) is 5.73 Å². The van der Waals surface area contributed by atoms with Crippen molar-refractivity contribution in [2.45, 2.75) is 12.3 Å². The Bertz CT molecular complexity index is 527. The molecule has 0 fully saturated rings. The molecule has 0 radical (unpaired) electrons. The standard InChI is InChI=1S/C16H17BrFNO/c17-14-3-7-16(8-4-14)20-10-9-13(11-19)12-1-5-15(18)6-2-12/h1-8,13H,9-11,19H2. The molecule has 0 aromatic heterocycles. The van der Waals surface area contributed by atoms with Crippen LogP contribution in [0.15, 0.2) is 53.0 Å². The van der Waals surface area contributed by atoms with E-state index in [4.69, 9.17) is 10.5 Å². The van der Waals surface area contributed by atoms with E-state index in [2.05, 4.69) is 15.9 Å². The van der Waals surface area contributed by atoms with E-state index in [1.165, 1.54) is 12.1 Å². The number of benzene rings is 2. The molecular formula is C16H17BrFNO. The van der Waals surface area contributed by atoms with Crippen LogP contribution in [-0.2, 0) is 0 Å². The minimum Gasteiger partial charge on any atom is -0.494 e. The Kier molecular flexibility index (Phi) is 5.56. The largest absolute Gasteiger partial charge is 0.494 e. The summed E-state index contributed by atoms with van der Waals surface area (Å²) < 4.78 is 19.6. The molecule has 0 bridgehead atoms. The Morgan fingerprint density at radius 1 is 1.05 bits per heavy atom. The lowest BCUT2D eigenvalue weighted by atomic mass is 9.96. The summed E-state index contributed by atoms with van der Waals surface area (Å²) >= 11 is 3.38. The second kappa shape index (κ2) is 7.41. The fraction of sp³-hybridized carbons (Fsp3) is 0.250. The molecule has 4 heteroatoms. The van der Waals surface area contributed by atoms with Gasteiger partial charge in [0.2, 0.25) is 0 Å². The molecule has 2 rings (SSSR count). The molecule has 2 N–H and O–H groups in total. The van der Waals surface area contributed by atoms with Crippen LogP contribution in [0.1, 0.15) is 17.9 Å². The highest BCUT2D eigenvalue weighted by molar-refractivity contribution is 9.10. The molecule has 2 aromatic carbocycles. The molecule has 106 valence electrons. The van der Waals surface area contributed by atoms with E-state index in [0.29, 0.717) is 13.2 Å². The number of ether oxygens (including phenoxy) is 1. The van der Waals surface area contributed by atoms with Crippen LogP contribution in [-0.4, -0.2) is 13.2 Å². The second-order valence-electron chi connectivity index (χ2n) is 4.58. The van der Waals surface area contributed by atoms with E-state index in [0.717, 1.165) is 22.2 Å². The van der Waals surface area contributed by atoms with E-state index in [-0.39, 0.29) is 11.7 Å². The number of nitrogens with two attached hydrogens (primary N) is 1. The Labute approximate surface area is 126 Å². The maximum atomic E-state index is 12.9. The highest BCUT2D eigenvalue weighted by Gasteiger charge is 2.10. The van der Waals surface area contributed by atoms with Gasteiger partial charge >= 0.3 is 0 Å². The first-order chi connectivity index (χ1) is 9.69. The van der Waals surface area contributed by atoms with Crippen LogP contribution >= 0.6 is 15.9 Å². The van der Waals surface area contributed by atoms with Crippen molar-refractivity contribution in [1.29, 1.82) is 0 Å². The molecule has 0 aliphatic carbocycles. The molecule has 0 saturated heterocycles. The van der Waals surface area contributed by atoms with E-state index in [9.17, 15) is 4.39 Å². The first kappa shape index (κ1) is 15.0. The fourth-order valence-corrected chi connectivity index (χ4v) is 2.27. The monoisotopic (exact) mass is 337 g/mol. The summed E-state index contributed by atoms with van der Waals surface area (Å²) in [6.07, 6.45) is 0.804. The molecule has 0 heterocycles. The topological polar surface area (TPSA) is 35.2 Å². The van der Waals surface area contributed by atoms with Gasteiger partial charge in [-0.05, 0) is 60.8 Å². The van der Waals surface area contributed by atoms with Gasteiger partial charge in [-0.1, -0.05) is 28.1 Å². The summed E-state index contributed by atoms with van der Waals surface area (Å²) in [5.41, 5.74) is 6.84. The van der Waals surface area contributed by atoms with Gasteiger partial charge in [-0.3, -0.25) is 0 Å². The van der Waals surface area contributed by atoms with E-state index in [1.54, 1.807) is 12.1 Å². The quantitative estimate of drug-likeness (QED) is 0.861. The van der Waals surface area contributed by atoms with E-state index in [1.807, 2.05) is 24.3 Å². The Morgan fingerprint density at radius 2 is 1.70 bits per heavy atom. The first-order valence-electron chi connectivity index (χ1n) is 6.53. The van der Waals surface area contributed by atoms with Gasteiger partial charge in [-0.25, -0.2) is 4.39 Å². The molecule has 20 heavy (non-hydrogen) atoms. The maximum Gasteiger partial charge on any atom is 0.123 e. The summed E-state index contributed by atoms with van der Waals surface area (Å²) in [5.74, 6) is 0.796. The predicted octanol–water partition coefficient (Wildman–Crippen LogP) is 4.10. The molecule has 0 saturated carbocycles. The zero-order valence-corrected chi connectivity index (χ0v) is 12.6. The van der Waals surface area contributed by atoms with Crippen molar-refractivity contribution >= 4 is 15.9 Å². The molecule has 2 aromatic rings. The third-order valence-electron chi connectivity index (χ3n) is 3.17. The van der Waals surface area contributed by atoms with Crippen molar-refractivity contribution < 1.29 is 9.13 Å². The molecule has 2 nitrogen and oxygen atoms in total. The lowest BCUT2D eigenvalue weighted by Gasteiger charge is -2.15. The fourth-order valence-electron chi connectivity index (χ4n) is 2.01. The van der Waals surface area contributed by atoms with Crippen LogP contribution < -0.4 is 10.5 Å². The molecule has 0 aliphatic heterocycles. The average molecular weight is 338 g/mol. The van der Waals surface area contributed by atoms with Crippen LogP contribution in [0.5, 0.6) is 5.75 Å². The van der Waals surface area contributed by atoms with Crippen LogP contribution in [0.4, 0.5) is 4.39 Å². The Balaban J connectivity index is 1.87. The molecule has 0 aliphatic rings. The second-order valence-corrected chi connectivity index (χ2v) is 5.49. The van der Waals surface area contributed by atoms with Crippen molar-refractivity contribution in [3.63, 3.8) is 0 Å². The number of halogens is 2. The summed E-state index contributed by atoms with van der Waals surface area (Å²) in [7, 11) is 0. The minimum atomic E-state index is -0.226. The molecule has 1 atom stereocenters. The van der Waals surface area contributed by atoms with Gasteiger partial charge in [-0.15, -0.1) is 0 Å². The van der Waals surface area contributed by atoms with Gasteiger partial charge in [0.1, 0.15) is 11.6 Å². The minimum absolute atomic E-state index is 0.186. The van der Waals surface area contributed by atoms with E-state index >= 15 is 0 Å². The molecule has 0 amide bonds. The lowest BCUT2D eigenvalue weighted by molar-refractivity contribution is 0.298. The highest BCUT2D eigenvalue weighted by atomic mass is 79.9. The SMILES string of the molecule is NCC(CCOc1ccc(Br)cc1)c1ccc(F)cc1. The Morgan fingerprint density at radius 3 is 2.30 bits per heavy atom. The maximum absolute atomic E-state index is 12.9. The third kappa shape index (κ3) is 4.32. The molecule has 0 spiro atoms. The van der Waals surface area contributed by atoms with E-state index < -0.39 is 0 Å². The first-order valence-corrected chi connectivity index (χ1v) is 7.32. The molecular weight excluding hydrogens is 321 g/mol. The smallest absolute Gasteiger partial charge is 0.123 e. The van der Waals surface area contributed by atoms with Crippen LogP contribution in [0, 0.1) is 5.82 Å². The van der Waals surface area contributed by atoms with Gasteiger partial charge in [0.25, 0.3) is 0 Å². The summed E-state index contributed by atoms with van der Waals surface area (Å²) in [6.45, 7) is 1.11. The van der Waals surface area contributed by atoms with Crippen LogP contribution in [0.3, 0.4) is 0 Å². The van der Waals surface area contributed by atoms with Gasteiger partial charge < -0.3 is 10.5 Å². The predicted molar refractivity (Wildman–Crippen MR) is 82.4 cm³/mol. The van der Waals surface area contributed by atoms with Crippen molar-refractivity contribution in [3.05, 3.63) is 64.4 Å². The number of rotatable bonds is 6. The normalized spacial score (nSPS) is 12.2. The number of hydrogen-bond donors (Lipinski definition) is 1. The van der Waals surface area contributed by atoms with Gasteiger partial charge in [0.05, 0.1) is 6.61 Å². The average Bonchev–Trinajstić information content (AvgIpc) is 2.47. The number of hydrogen-bond acceptors (Lipinski definition) is 2. The summed E-state index contributed by atoms with van der Waals surface area (Å²) in [4.78, 5) is 0. The van der Waals surface area contributed by atoms with Crippen molar-refractivity contribution in [3.8, 4) is 5.75 Å². The summed E-state index contributed by atoms with van der Waals surface area (Å²) in [6, 6.07) is 14.2. The van der Waals surface area contributed by atoms with Crippen molar-refractivity contribution in [1.82, 2.24) is 0 Å². The van der Waals surface area contributed by atoms with Crippen LogP contribution in [0.25, 0.3) is 0 Å². The van der Waals surface area contributed by atoms with Gasteiger partial charge in [0.15, 0.2) is 0 Å². The van der Waals surface area contributed by atoms with Crippen LogP contribution in [0.2, 0.25) is 0 Å². The summed E-state index contributed by atoms with van der Waals surface area (Å²) in [5, 5.41) is 0. The van der Waals surface area contributed by atoms with Gasteiger partial charge in [0, 0.05) is 4.47 Å². The van der Waals surface area contributed by atoms with Gasteiger partial charge in [-0.2, -0.15) is 0 Å². The third-order valence-corrected chi connectivity index (χ3v) is 3.70. The molecule has 1 unspecified atom stereocenters. The Hall–Kier alpha value is -1.39. The zero-order chi connectivity index (χ0) is 14.4. The van der Waals surface area contributed by atoms with Crippen molar-refractivity contribution in [2.75, 3.05) is 13.2 Å². The lowest BCUT2D eigenvalue weighted by Crippen LogP contribution is -2.15. The highest BCUT2D eigenvalue weighted by Crippen LogP contribution is 2.21. The zero-order valence-electron chi connectivity index (χ0n) is 11.1.